The molecule has 0 amide bonds. The van der Waals surface area contributed by atoms with E-state index in [0.29, 0.717) is 36.5 Å². The van der Waals surface area contributed by atoms with Crippen LogP contribution in [-0.2, 0) is 76.6 Å². The summed E-state index contributed by atoms with van der Waals surface area (Å²) in [6.07, 6.45) is 8.94. The van der Waals surface area contributed by atoms with Crippen LogP contribution in [-0.4, -0.2) is 95.9 Å². The third kappa shape index (κ3) is 20.5. The molecule has 0 aliphatic heterocycles. The molecule has 0 fully saturated rings. The maximum atomic E-state index is 12.8. The highest BCUT2D eigenvalue weighted by Crippen LogP contribution is 2.32. The predicted octanol–water partition coefficient (Wildman–Crippen LogP) is 8.67. The molecule has 364 valence electrons. The maximum absolute atomic E-state index is 12.8. The van der Waals surface area contributed by atoms with E-state index < -0.39 is 67.3 Å². The third-order valence-corrected chi connectivity index (χ3v) is 10.6. The average molecular weight is 929 g/mol. The van der Waals surface area contributed by atoms with Gasteiger partial charge in [0.25, 0.3) is 0 Å². The zero-order chi connectivity index (χ0) is 49.0. The molecule has 3 aromatic rings. The summed E-state index contributed by atoms with van der Waals surface area (Å²) in [7, 11) is 2.75. The topological polar surface area (TPSA) is 176 Å². The number of methoxy groups -OCH3 is 2. The molecule has 0 atom stereocenters. The second-order valence-corrected chi connectivity index (χ2v) is 16.6. The Balaban J connectivity index is 1.88. The Labute approximate surface area is 395 Å². The summed E-state index contributed by atoms with van der Waals surface area (Å²) in [5, 5.41) is 0. The van der Waals surface area contributed by atoms with Crippen molar-refractivity contribution >= 4 is 35.4 Å². The van der Waals surface area contributed by atoms with Gasteiger partial charge < -0.3 is 37.9 Å². The molecule has 0 radical (unpaired) electrons. The van der Waals surface area contributed by atoms with E-state index in [1.54, 1.807) is 13.0 Å². The first-order valence-corrected chi connectivity index (χ1v) is 22.8. The van der Waals surface area contributed by atoms with E-state index in [1.807, 2.05) is 36.4 Å². The van der Waals surface area contributed by atoms with Crippen LogP contribution < -0.4 is 9.47 Å². The monoisotopic (exact) mass is 928 g/mol. The van der Waals surface area contributed by atoms with E-state index in [0.717, 1.165) is 23.1 Å². The molecule has 3 aromatic carbocycles. The highest BCUT2D eigenvalue weighted by Gasteiger charge is 2.39. The summed E-state index contributed by atoms with van der Waals surface area (Å²) in [5.74, 6) is -4.42. The van der Waals surface area contributed by atoms with Crippen LogP contribution in [0.25, 0.3) is 11.1 Å². The number of ether oxygens (including phenoxy) is 8. The molecule has 0 aliphatic carbocycles. The van der Waals surface area contributed by atoms with Crippen LogP contribution in [0.3, 0.4) is 0 Å². The first kappa shape index (κ1) is 55.2. The van der Waals surface area contributed by atoms with Gasteiger partial charge in [0.05, 0.1) is 19.8 Å². The van der Waals surface area contributed by atoms with Crippen molar-refractivity contribution in [3.05, 3.63) is 108 Å². The van der Waals surface area contributed by atoms with Gasteiger partial charge in [-0.25, -0.2) is 19.2 Å². The van der Waals surface area contributed by atoms with Crippen molar-refractivity contribution in [3.8, 4) is 22.6 Å². The molecule has 0 bridgehead atoms. The smallest absolute Gasteiger partial charge is 0.374 e. The van der Waals surface area contributed by atoms with Crippen molar-refractivity contribution < 1.29 is 66.7 Å². The van der Waals surface area contributed by atoms with Crippen molar-refractivity contribution in [2.45, 2.75) is 98.0 Å². The number of carbonyl (C=O) groups excluding carboxylic acids is 6. The highest BCUT2D eigenvalue weighted by molar-refractivity contribution is 6.34. The second kappa shape index (κ2) is 30.2. The molecular weight excluding hydrogens is 861 g/mol. The molecular formula is C53H68O14. The van der Waals surface area contributed by atoms with Crippen molar-refractivity contribution in [2.75, 3.05) is 60.5 Å². The van der Waals surface area contributed by atoms with Crippen LogP contribution in [0.2, 0.25) is 0 Å². The van der Waals surface area contributed by atoms with Crippen molar-refractivity contribution in [3.63, 3.8) is 0 Å². The van der Waals surface area contributed by atoms with E-state index in [9.17, 15) is 28.8 Å². The summed E-state index contributed by atoms with van der Waals surface area (Å²) in [6.45, 7) is 10.7. The van der Waals surface area contributed by atoms with Gasteiger partial charge in [-0.15, -0.1) is 0 Å². The van der Waals surface area contributed by atoms with E-state index >= 15 is 0 Å². The fourth-order valence-corrected chi connectivity index (χ4v) is 6.48. The van der Waals surface area contributed by atoms with E-state index in [1.165, 1.54) is 65.2 Å². The predicted molar refractivity (Wildman–Crippen MR) is 252 cm³/mol. The number of benzene rings is 3. The molecule has 67 heavy (non-hydrogen) atoms. The van der Waals surface area contributed by atoms with Crippen LogP contribution in [0.5, 0.6) is 11.5 Å². The van der Waals surface area contributed by atoms with Gasteiger partial charge in [0.1, 0.15) is 49.9 Å². The second-order valence-electron chi connectivity index (χ2n) is 16.6. The Morgan fingerprint density at radius 1 is 0.522 bits per heavy atom. The molecule has 0 spiro atoms. The van der Waals surface area contributed by atoms with E-state index in [-0.39, 0.29) is 43.8 Å². The third-order valence-electron chi connectivity index (χ3n) is 10.6. The van der Waals surface area contributed by atoms with Crippen molar-refractivity contribution in [2.24, 2.45) is 5.41 Å². The molecule has 0 aliphatic rings. The summed E-state index contributed by atoms with van der Waals surface area (Å²) >= 11 is 0. The lowest BCUT2D eigenvalue weighted by Gasteiger charge is -2.32. The SMILES string of the molecule is C=C(C)C(=O)OCCCc1cc(-c2ccc(OCc3ccc(CCCCCCCC)cc3)cc2)ccc1OCC(COC(=O)C(=C)C)(COC(=O)C(=O)CCOC)COC(=O)C(=O)CCOC. The van der Waals surface area contributed by atoms with Gasteiger partial charge in [-0.2, -0.15) is 0 Å². The highest BCUT2D eigenvalue weighted by atomic mass is 16.6. The number of aryl methyl sites for hydroxylation is 2. The molecule has 0 N–H and O–H groups in total. The molecule has 0 unspecified atom stereocenters. The molecule has 14 nitrogen and oxygen atoms in total. The summed E-state index contributed by atoms with van der Waals surface area (Å²) in [5.41, 5.74) is 3.49. The Hall–Kier alpha value is -6.12. The molecule has 0 saturated carbocycles. The Morgan fingerprint density at radius 3 is 1.61 bits per heavy atom. The lowest BCUT2D eigenvalue weighted by atomic mass is 9.91. The van der Waals surface area contributed by atoms with Gasteiger partial charge in [-0.05, 0) is 91.6 Å². The van der Waals surface area contributed by atoms with Gasteiger partial charge >= 0.3 is 23.9 Å². The van der Waals surface area contributed by atoms with Crippen LogP contribution in [0.4, 0.5) is 0 Å². The number of ketones is 2. The van der Waals surface area contributed by atoms with Crippen LogP contribution in [0.15, 0.2) is 91.0 Å². The molecule has 0 heterocycles. The van der Waals surface area contributed by atoms with Gasteiger partial charge in [0, 0.05) is 38.2 Å². The van der Waals surface area contributed by atoms with E-state index in [4.69, 9.17) is 37.9 Å². The van der Waals surface area contributed by atoms with Gasteiger partial charge in [0.15, 0.2) is 0 Å². The standard InChI is InChI=1S/C53H68O14/c1-8-9-10-11-12-13-15-40-17-19-41(20-18-40)33-63-45-24-21-42(22-25-45)43-23-26-48(44(32-43)16-14-29-62-49(56)38(2)3)64-34-53(35-65-50(57)39(4)5,36-66-51(58)46(54)27-30-60-6)37-67-52(59)47(55)28-31-61-7/h17-26,32H,2,4,8-16,27-31,33-37H2,1,3,5-7H3. The first-order valence-electron chi connectivity index (χ1n) is 22.8. The molecule has 0 saturated heterocycles. The Morgan fingerprint density at radius 2 is 1.04 bits per heavy atom. The number of Topliss-reactive ketones (excluding diaryl/α,β-unsaturated/α-hetero) is 2. The summed E-state index contributed by atoms with van der Waals surface area (Å²) < 4.78 is 44.0. The minimum atomic E-state index is -1.64. The largest absolute Gasteiger partial charge is 0.492 e. The minimum absolute atomic E-state index is 0.0307. The minimum Gasteiger partial charge on any atom is -0.492 e. The fraction of sp³-hybridized carbons (Fsp3) is 0.472. The number of hydrogen-bond donors (Lipinski definition) is 0. The zero-order valence-corrected chi connectivity index (χ0v) is 39.9. The van der Waals surface area contributed by atoms with Crippen LogP contribution in [0.1, 0.15) is 95.2 Å². The lowest BCUT2D eigenvalue weighted by Crippen LogP contribution is -2.45. The number of rotatable bonds is 34. The lowest BCUT2D eigenvalue weighted by molar-refractivity contribution is -0.169. The van der Waals surface area contributed by atoms with E-state index in [2.05, 4.69) is 44.3 Å². The summed E-state index contributed by atoms with van der Waals surface area (Å²) in [4.78, 5) is 75.5. The van der Waals surface area contributed by atoms with Gasteiger partial charge in [-0.1, -0.05) is 94.7 Å². The fourth-order valence-electron chi connectivity index (χ4n) is 6.48. The molecule has 0 aromatic heterocycles. The number of carbonyl (C=O) groups is 6. The van der Waals surface area contributed by atoms with Crippen LogP contribution in [0, 0.1) is 5.41 Å². The van der Waals surface area contributed by atoms with Crippen molar-refractivity contribution in [1.29, 1.82) is 0 Å². The Bertz CT molecular complexity index is 2050. The zero-order valence-electron chi connectivity index (χ0n) is 39.9. The van der Waals surface area contributed by atoms with Crippen LogP contribution >= 0.6 is 0 Å². The number of hydrogen-bond acceptors (Lipinski definition) is 14. The van der Waals surface area contributed by atoms with Gasteiger partial charge in [-0.3, -0.25) is 9.59 Å². The van der Waals surface area contributed by atoms with Gasteiger partial charge in [0.2, 0.25) is 11.6 Å². The first-order chi connectivity index (χ1) is 32.2. The maximum Gasteiger partial charge on any atom is 0.374 e. The number of esters is 4. The summed E-state index contributed by atoms with van der Waals surface area (Å²) in [6, 6.07) is 21.7. The Kier molecular flexibility index (Phi) is 24.9. The molecule has 3 rings (SSSR count). The normalized spacial score (nSPS) is 11.0. The number of unbranched alkanes of at least 4 members (excludes halogenated alkanes) is 5. The quantitative estimate of drug-likeness (QED) is 0.0183. The molecule has 14 heteroatoms. The van der Waals surface area contributed by atoms with Crippen molar-refractivity contribution in [1.82, 2.24) is 0 Å². The average Bonchev–Trinajstić information content (AvgIpc) is 3.33.